The molecule has 6 heteroatoms. The Balaban J connectivity index is 1.43. The van der Waals surface area contributed by atoms with Crippen molar-refractivity contribution in [2.24, 2.45) is 0 Å². The molecule has 26 heavy (non-hydrogen) atoms. The van der Waals surface area contributed by atoms with Crippen LogP contribution in [0, 0.1) is 0 Å². The van der Waals surface area contributed by atoms with Gasteiger partial charge in [-0.3, -0.25) is 0 Å². The second-order valence-electron chi connectivity index (χ2n) is 6.29. The van der Waals surface area contributed by atoms with E-state index < -0.39 is 0 Å². The predicted octanol–water partition coefficient (Wildman–Crippen LogP) is 3.99. The summed E-state index contributed by atoms with van der Waals surface area (Å²) in [6.45, 7) is 3.34. The monoisotopic (exact) mass is 351 g/mol. The predicted molar refractivity (Wildman–Crippen MR) is 97.6 cm³/mol. The maximum Gasteiger partial charge on any atom is 0.248 e. The summed E-state index contributed by atoms with van der Waals surface area (Å²) in [4.78, 5) is 4.51. The lowest BCUT2D eigenvalue weighted by Crippen LogP contribution is -2.07. The minimum Gasteiger partial charge on any atom is -0.490 e. The smallest absolute Gasteiger partial charge is 0.248 e. The van der Waals surface area contributed by atoms with Crippen LogP contribution < -0.4 is 14.8 Å². The molecule has 0 unspecified atom stereocenters. The number of hydrogen-bond donors (Lipinski definition) is 1. The van der Waals surface area contributed by atoms with Crippen LogP contribution in [0.25, 0.3) is 0 Å². The Labute approximate surface area is 152 Å². The number of nitrogens with zero attached hydrogens (tertiary/aromatic N) is 2. The summed E-state index contributed by atoms with van der Waals surface area (Å²) in [5.41, 5.74) is 2.08. The van der Waals surface area contributed by atoms with Crippen LogP contribution in [0.1, 0.15) is 36.7 Å². The number of ether oxygens (including phenoxy) is 2. The Morgan fingerprint density at radius 3 is 2.69 bits per heavy atom. The van der Waals surface area contributed by atoms with Crippen molar-refractivity contribution in [3.05, 3.63) is 65.8 Å². The number of benzene rings is 2. The first-order valence-electron chi connectivity index (χ1n) is 8.80. The van der Waals surface area contributed by atoms with Gasteiger partial charge in [0.2, 0.25) is 5.89 Å². The molecule has 134 valence electrons. The molecule has 2 heterocycles. The van der Waals surface area contributed by atoms with E-state index in [0.717, 1.165) is 29.2 Å². The quantitative estimate of drug-likeness (QED) is 0.749. The van der Waals surface area contributed by atoms with Crippen molar-refractivity contribution in [3.8, 4) is 11.5 Å². The highest BCUT2D eigenvalue weighted by Crippen LogP contribution is 2.33. The molecule has 1 atom stereocenters. The lowest BCUT2D eigenvalue weighted by Gasteiger charge is -2.13. The maximum atomic E-state index is 5.73. The van der Waals surface area contributed by atoms with Crippen LogP contribution in [-0.2, 0) is 6.42 Å². The molecular formula is C20H21N3O3. The molecule has 0 amide bonds. The lowest BCUT2D eigenvalue weighted by atomic mass is 10.1. The maximum absolute atomic E-state index is 5.73. The SMILES string of the molecule is C[C@@H](Nc1ccc2c(c1)OCCCO2)c1nc(Cc2ccccc2)no1. The third kappa shape index (κ3) is 3.79. The highest BCUT2D eigenvalue weighted by molar-refractivity contribution is 5.55. The molecule has 2 aromatic carbocycles. The number of nitrogens with one attached hydrogen (secondary N) is 1. The fourth-order valence-electron chi connectivity index (χ4n) is 2.86. The molecular weight excluding hydrogens is 330 g/mol. The van der Waals surface area contributed by atoms with E-state index in [0.29, 0.717) is 31.3 Å². The zero-order chi connectivity index (χ0) is 17.8. The zero-order valence-corrected chi connectivity index (χ0v) is 14.6. The second kappa shape index (κ2) is 7.47. The van der Waals surface area contributed by atoms with Crippen LogP contribution >= 0.6 is 0 Å². The van der Waals surface area contributed by atoms with Gasteiger partial charge in [-0.1, -0.05) is 35.5 Å². The first kappa shape index (κ1) is 16.4. The Bertz CT molecular complexity index is 864. The lowest BCUT2D eigenvalue weighted by molar-refractivity contribution is 0.297. The summed E-state index contributed by atoms with van der Waals surface area (Å²) >= 11 is 0. The number of fused-ring (bicyclic) bond motifs is 1. The summed E-state index contributed by atoms with van der Waals surface area (Å²) in [5, 5.41) is 7.46. The third-order valence-corrected chi connectivity index (χ3v) is 4.19. The molecule has 0 saturated heterocycles. The van der Waals surface area contributed by atoms with Gasteiger partial charge in [0.25, 0.3) is 0 Å². The van der Waals surface area contributed by atoms with Crippen molar-refractivity contribution in [1.82, 2.24) is 10.1 Å². The minimum absolute atomic E-state index is 0.114. The molecule has 1 aromatic heterocycles. The molecule has 0 spiro atoms. The molecule has 6 nitrogen and oxygen atoms in total. The van der Waals surface area contributed by atoms with Gasteiger partial charge in [0.15, 0.2) is 17.3 Å². The van der Waals surface area contributed by atoms with E-state index >= 15 is 0 Å². The van der Waals surface area contributed by atoms with E-state index in [-0.39, 0.29) is 6.04 Å². The number of rotatable bonds is 5. The topological polar surface area (TPSA) is 69.4 Å². The average molecular weight is 351 g/mol. The summed E-state index contributed by atoms with van der Waals surface area (Å²) in [5.74, 6) is 2.78. The van der Waals surface area contributed by atoms with Crippen LogP contribution in [0.4, 0.5) is 5.69 Å². The Morgan fingerprint density at radius 1 is 1.04 bits per heavy atom. The van der Waals surface area contributed by atoms with Crippen LogP contribution in [0.3, 0.4) is 0 Å². The number of anilines is 1. The second-order valence-corrected chi connectivity index (χ2v) is 6.29. The summed E-state index contributed by atoms with van der Waals surface area (Å²) in [6.07, 6.45) is 1.54. The van der Waals surface area contributed by atoms with Gasteiger partial charge in [-0.05, 0) is 24.6 Å². The summed E-state index contributed by atoms with van der Waals surface area (Å²) in [7, 11) is 0. The summed E-state index contributed by atoms with van der Waals surface area (Å²) < 4.78 is 16.8. The van der Waals surface area contributed by atoms with Gasteiger partial charge in [0, 0.05) is 24.6 Å². The van der Waals surface area contributed by atoms with Gasteiger partial charge in [-0.25, -0.2) is 0 Å². The van der Waals surface area contributed by atoms with Gasteiger partial charge in [0.1, 0.15) is 6.04 Å². The van der Waals surface area contributed by atoms with E-state index in [1.54, 1.807) is 0 Å². The standard InChI is InChI=1S/C20H21N3O3/c1-14(20-22-19(23-26-20)12-15-6-3-2-4-7-15)21-16-8-9-17-18(13-16)25-11-5-10-24-17/h2-4,6-9,13-14,21H,5,10-12H2,1H3/t14-/m1/s1. The molecule has 0 aliphatic carbocycles. The van der Waals surface area contributed by atoms with E-state index in [1.807, 2.05) is 43.3 Å². The van der Waals surface area contributed by atoms with Crippen molar-refractivity contribution < 1.29 is 14.0 Å². The number of hydrogen-bond acceptors (Lipinski definition) is 6. The van der Waals surface area contributed by atoms with Gasteiger partial charge in [-0.15, -0.1) is 0 Å². The molecule has 0 radical (unpaired) electrons. The highest BCUT2D eigenvalue weighted by atomic mass is 16.5. The van der Waals surface area contributed by atoms with Crippen molar-refractivity contribution in [1.29, 1.82) is 0 Å². The first-order chi connectivity index (χ1) is 12.8. The van der Waals surface area contributed by atoms with Crippen LogP contribution in [-0.4, -0.2) is 23.4 Å². The van der Waals surface area contributed by atoms with Gasteiger partial charge < -0.3 is 19.3 Å². The van der Waals surface area contributed by atoms with Gasteiger partial charge in [0.05, 0.1) is 13.2 Å². The van der Waals surface area contributed by atoms with Crippen molar-refractivity contribution in [2.75, 3.05) is 18.5 Å². The number of aromatic nitrogens is 2. The van der Waals surface area contributed by atoms with E-state index in [1.165, 1.54) is 0 Å². The molecule has 1 aliphatic rings. The van der Waals surface area contributed by atoms with Crippen molar-refractivity contribution >= 4 is 5.69 Å². The van der Waals surface area contributed by atoms with Gasteiger partial charge in [-0.2, -0.15) is 4.98 Å². The average Bonchev–Trinajstić information content (AvgIpc) is 3.00. The Morgan fingerprint density at radius 2 is 1.85 bits per heavy atom. The van der Waals surface area contributed by atoms with Crippen LogP contribution in [0.15, 0.2) is 53.1 Å². The highest BCUT2D eigenvalue weighted by Gasteiger charge is 2.16. The fraction of sp³-hybridized carbons (Fsp3) is 0.300. The fourth-order valence-corrected chi connectivity index (χ4v) is 2.86. The molecule has 1 aliphatic heterocycles. The third-order valence-electron chi connectivity index (χ3n) is 4.19. The zero-order valence-electron chi connectivity index (χ0n) is 14.6. The summed E-state index contributed by atoms with van der Waals surface area (Å²) in [6, 6.07) is 15.8. The van der Waals surface area contributed by atoms with E-state index in [4.69, 9.17) is 14.0 Å². The van der Waals surface area contributed by atoms with Gasteiger partial charge >= 0.3 is 0 Å². The molecule has 4 rings (SSSR count). The van der Waals surface area contributed by atoms with E-state index in [9.17, 15) is 0 Å². The minimum atomic E-state index is -0.114. The molecule has 1 N–H and O–H groups in total. The van der Waals surface area contributed by atoms with Crippen molar-refractivity contribution in [2.45, 2.75) is 25.8 Å². The molecule has 0 fully saturated rings. The molecule has 3 aromatic rings. The normalized spacial score (nSPS) is 14.5. The molecule has 0 bridgehead atoms. The molecule has 0 saturated carbocycles. The van der Waals surface area contributed by atoms with Crippen molar-refractivity contribution in [3.63, 3.8) is 0 Å². The van der Waals surface area contributed by atoms with E-state index in [2.05, 4.69) is 27.6 Å². The first-order valence-corrected chi connectivity index (χ1v) is 8.80. The Kier molecular flexibility index (Phi) is 4.73. The van der Waals surface area contributed by atoms with Crippen LogP contribution in [0.5, 0.6) is 11.5 Å². The Hall–Kier alpha value is -3.02. The largest absolute Gasteiger partial charge is 0.490 e. The van der Waals surface area contributed by atoms with Crippen LogP contribution in [0.2, 0.25) is 0 Å².